The fourth-order valence-electron chi connectivity index (χ4n) is 11.3. The molecular weight excluding hydrogens is 709 g/mol. The first kappa shape index (κ1) is 35.5. The van der Waals surface area contributed by atoms with Crippen molar-refractivity contribution in [2.24, 2.45) is 23.7 Å². The number of rotatable bonds is 6. The van der Waals surface area contributed by atoms with E-state index in [9.17, 15) is 14.7 Å². The summed E-state index contributed by atoms with van der Waals surface area (Å²) >= 11 is 0. The topological polar surface area (TPSA) is 95.0 Å². The molecule has 3 fully saturated rings. The van der Waals surface area contributed by atoms with Crippen LogP contribution >= 0.6 is 0 Å². The summed E-state index contributed by atoms with van der Waals surface area (Å²) in [5, 5.41) is 13.7. The first-order chi connectivity index (χ1) is 27.9. The van der Waals surface area contributed by atoms with E-state index < -0.39 is 35.0 Å². The van der Waals surface area contributed by atoms with Crippen LogP contribution in [0.5, 0.6) is 5.75 Å². The van der Waals surface area contributed by atoms with Gasteiger partial charge in [-0.2, -0.15) is 0 Å². The molecule has 10 rings (SSSR count). The van der Waals surface area contributed by atoms with Crippen LogP contribution in [-0.4, -0.2) is 57.4 Å². The van der Waals surface area contributed by atoms with E-state index in [1.165, 1.54) is 11.6 Å². The molecule has 2 aliphatic heterocycles. The van der Waals surface area contributed by atoms with Gasteiger partial charge in [-0.3, -0.25) is 29.0 Å². The molecule has 5 aromatic rings. The summed E-state index contributed by atoms with van der Waals surface area (Å²) in [6.45, 7) is 2.40. The molecule has 7 nitrogen and oxygen atoms in total. The maximum absolute atomic E-state index is 15.5. The minimum absolute atomic E-state index is 0.0345. The smallest absolute Gasteiger partial charge is 0.233 e. The number of carbonyl (C=O) groups is 4. The second-order valence-corrected chi connectivity index (χ2v) is 16.5. The second-order valence-electron chi connectivity index (χ2n) is 16.5. The Morgan fingerprint density at radius 3 is 2.11 bits per heavy atom. The van der Waals surface area contributed by atoms with E-state index in [1.807, 2.05) is 109 Å². The number of fused-ring (bicyclic) bond motifs is 5. The van der Waals surface area contributed by atoms with Crippen molar-refractivity contribution < 1.29 is 24.3 Å². The van der Waals surface area contributed by atoms with E-state index in [2.05, 4.69) is 23.1 Å². The van der Waals surface area contributed by atoms with Gasteiger partial charge in [0.2, 0.25) is 11.8 Å². The van der Waals surface area contributed by atoms with Crippen molar-refractivity contribution in [3.63, 3.8) is 0 Å². The van der Waals surface area contributed by atoms with Crippen LogP contribution in [0.25, 0.3) is 16.3 Å². The number of nitrogens with zero attached hydrogens (tertiary/aromatic N) is 2. The quantitative estimate of drug-likeness (QED) is 0.140. The molecule has 7 heteroatoms. The van der Waals surface area contributed by atoms with E-state index in [0.29, 0.717) is 41.5 Å². The first-order valence-corrected chi connectivity index (χ1v) is 20.3. The Kier molecular flexibility index (Phi) is 8.67. The fraction of sp³-hybridized carbons (Fsp3) is 0.280. The summed E-state index contributed by atoms with van der Waals surface area (Å²) in [4.78, 5) is 64.2. The van der Waals surface area contributed by atoms with Crippen molar-refractivity contribution in [3.8, 4) is 5.75 Å². The molecule has 1 N–H and O–H groups in total. The van der Waals surface area contributed by atoms with E-state index in [1.54, 1.807) is 11.0 Å². The summed E-state index contributed by atoms with van der Waals surface area (Å²) in [5.41, 5.74) is 3.00. The number of carbonyl (C=O) groups excluding carboxylic acids is 4. The van der Waals surface area contributed by atoms with Crippen LogP contribution < -0.4 is 0 Å². The third-order valence-electron chi connectivity index (χ3n) is 13.8. The number of ketones is 2. The van der Waals surface area contributed by atoms with Crippen LogP contribution in [-0.2, 0) is 31.1 Å². The molecule has 6 unspecified atom stereocenters. The van der Waals surface area contributed by atoms with Crippen LogP contribution in [0.3, 0.4) is 0 Å². The molecule has 2 heterocycles. The van der Waals surface area contributed by atoms with Crippen molar-refractivity contribution in [2.75, 3.05) is 13.1 Å². The Balaban J connectivity index is 1.10. The number of phenolic OH excluding ortho intramolecular Hbond substituents is 1. The largest absolute Gasteiger partial charge is 0.508 e. The molecule has 0 spiro atoms. The fourth-order valence-corrected chi connectivity index (χ4v) is 11.3. The lowest BCUT2D eigenvalue weighted by molar-refractivity contribution is -0.144. The monoisotopic (exact) mass is 752 g/mol. The number of piperidine rings is 1. The van der Waals surface area contributed by atoms with Gasteiger partial charge in [0.15, 0.2) is 11.6 Å². The highest BCUT2D eigenvalue weighted by atomic mass is 16.3. The third kappa shape index (κ3) is 5.50. The number of imide groups is 1. The second kappa shape index (κ2) is 13.9. The van der Waals surface area contributed by atoms with Crippen LogP contribution in [0.4, 0.5) is 0 Å². The average molecular weight is 753 g/mol. The number of likely N-dealkylation sites (tertiary alicyclic amines) is 2. The summed E-state index contributed by atoms with van der Waals surface area (Å²) in [6, 6.07) is 40.4. The average Bonchev–Trinajstić information content (AvgIpc) is 3.51. The molecular formula is C50H44N2O5. The zero-order valence-corrected chi connectivity index (χ0v) is 31.7. The molecule has 6 atom stereocenters. The Hall–Kier alpha value is -5.92. The maximum atomic E-state index is 15.5. The van der Waals surface area contributed by atoms with E-state index in [-0.39, 0.29) is 41.6 Å². The van der Waals surface area contributed by atoms with Crippen LogP contribution in [0.1, 0.15) is 53.9 Å². The SMILES string of the molecule is O=C1C(c2ccccc2)=CC(=O)C2(c3ccccc3)C1CC1C(=CCC3C(=O)N(C4CCN(Cc5ccccc5)CC4)C(=O)C31)C2c1c(O)ccc2ccccc12. The predicted molar refractivity (Wildman–Crippen MR) is 219 cm³/mol. The predicted octanol–water partition coefficient (Wildman–Crippen LogP) is 8.03. The zero-order chi connectivity index (χ0) is 38.8. The van der Waals surface area contributed by atoms with Crippen LogP contribution in [0.15, 0.2) is 145 Å². The highest BCUT2D eigenvalue weighted by Crippen LogP contribution is 2.65. The van der Waals surface area contributed by atoms with Gasteiger partial charge in [-0.15, -0.1) is 0 Å². The number of allylic oxidation sites excluding steroid dienone is 4. The Morgan fingerprint density at radius 1 is 0.702 bits per heavy atom. The van der Waals surface area contributed by atoms with Crippen molar-refractivity contribution in [3.05, 3.63) is 167 Å². The summed E-state index contributed by atoms with van der Waals surface area (Å²) < 4.78 is 0. The number of benzene rings is 5. The van der Waals surface area contributed by atoms with E-state index in [0.717, 1.165) is 36.0 Å². The Bertz CT molecular complexity index is 2490. The maximum Gasteiger partial charge on any atom is 0.233 e. The van der Waals surface area contributed by atoms with Crippen molar-refractivity contribution in [1.29, 1.82) is 0 Å². The molecule has 2 saturated heterocycles. The molecule has 0 aromatic heterocycles. The van der Waals surface area contributed by atoms with Gasteiger partial charge >= 0.3 is 0 Å². The van der Waals surface area contributed by atoms with Gasteiger partial charge in [0.25, 0.3) is 0 Å². The van der Waals surface area contributed by atoms with E-state index in [4.69, 9.17) is 0 Å². The van der Waals surface area contributed by atoms with Gasteiger partial charge in [-0.25, -0.2) is 0 Å². The Morgan fingerprint density at radius 2 is 1.37 bits per heavy atom. The highest BCUT2D eigenvalue weighted by Gasteiger charge is 2.66. The van der Waals surface area contributed by atoms with Crippen molar-refractivity contribution in [1.82, 2.24) is 9.80 Å². The molecule has 0 radical (unpaired) electrons. The lowest BCUT2D eigenvalue weighted by atomic mass is 9.44. The van der Waals surface area contributed by atoms with Crippen LogP contribution in [0.2, 0.25) is 0 Å². The lowest BCUT2D eigenvalue weighted by Crippen LogP contribution is -2.59. The minimum atomic E-state index is -1.41. The molecule has 57 heavy (non-hydrogen) atoms. The van der Waals surface area contributed by atoms with Crippen molar-refractivity contribution in [2.45, 2.75) is 49.6 Å². The number of hydrogen-bond donors (Lipinski definition) is 1. The van der Waals surface area contributed by atoms with Gasteiger partial charge in [0.1, 0.15) is 5.75 Å². The van der Waals surface area contributed by atoms with Gasteiger partial charge in [0, 0.05) is 48.6 Å². The molecule has 3 aliphatic carbocycles. The van der Waals surface area contributed by atoms with Gasteiger partial charge in [-0.1, -0.05) is 133 Å². The normalized spacial score (nSPS) is 27.8. The van der Waals surface area contributed by atoms with Gasteiger partial charge in [0.05, 0.1) is 17.3 Å². The summed E-state index contributed by atoms with van der Waals surface area (Å²) in [5.74, 6) is -3.95. The number of phenols is 1. The molecule has 1 saturated carbocycles. The molecule has 5 aliphatic rings. The number of aromatic hydroxyl groups is 1. The van der Waals surface area contributed by atoms with Crippen LogP contribution in [0, 0.1) is 23.7 Å². The van der Waals surface area contributed by atoms with Crippen molar-refractivity contribution >= 4 is 39.7 Å². The summed E-state index contributed by atoms with van der Waals surface area (Å²) in [6.07, 6.45) is 5.62. The Labute approximate surface area is 332 Å². The standard InChI is InChI=1S/C50H44N2O5/c53-42-23-20-33-16-10-11-19-36(33)45(42)46-37-21-22-38-44(49(57)52(48(38)56)35-24-26-51(27-25-35)30-31-12-4-1-5-13-31)40(37)28-41-47(55)39(32-14-6-2-7-15-32)29-43(54)50(41,46)34-17-8-3-9-18-34/h1-21,23,29,35,38,40-41,44,46,53H,22,24-28,30H2. The molecule has 2 amide bonds. The molecule has 5 aromatic carbocycles. The number of hydrogen-bond acceptors (Lipinski definition) is 6. The lowest BCUT2D eigenvalue weighted by Gasteiger charge is -2.55. The highest BCUT2D eigenvalue weighted by molar-refractivity contribution is 6.32. The number of Topliss-reactive ketones (excluding diaryl/α,β-unsaturated/α-hetero) is 1. The first-order valence-electron chi connectivity index (χ1n) is 20.3. The number of amides is 2. The third-order valence-corrected chi connectivity index (χ3v) is 13.8. The zero-order valence-electron chi connectivity index (χ0n) is 31.7. The minimum Gasteiger partial charge on any atom is -0.508 e. The van der Waals surface area contributed by atoms with Gasteiger partial charge in [-0.05, 0) is 71.2 Å². The summed E-state index contributed by atoms with van der Waals surface area (Å²) in [7, 11) is 0. The molecule has 0 bridgehead atoms. The van der Waals surface area contributed by atoms with Gasteiger partial charge < -0.3 is 5.11 Å². The van der Waals surface area contributed by atoms with E-state index >= 15 is 9.59 Å². The molecule has 284 valence electrons.